The predicted octanol–water partition coefficient (Wildman–Crippen LogP) is 1.75. The van der Waals surface area contributed by atoms with E-state index in [1.807, 2.05) is 13.8 Å². The van der Waals surface area contributed by atoms with Crippen LogP contribution in [0, 0.1) is 0 Å². The number of nitrogens with one attached hydrogen (secondary N) is 2. The molecule has 7 heteroatoms. The van der Waals surface area contributed by atoms with Gasteiger partial charge in [0.2, 0.25) is 10.0 Å². The van der Waals surface area contributed by atoms with E-state index in [0.717, 1.165) is 0 Å². The molecule has 2 N–H and O–H groups in total. The highest BCUT2D eigenvalue weighted by Gasteiger charge is 2.21. The molecule has 5 nitrogen and oxygen atoms in total. The largest absolute Gasteiger partial charge is 0.495 e. The number of methoxy groups -OCH3 is 1. The molecule has 0 fully saturated rings. The van der Waals surface area contributed by atoms with E-state index in [9.17, 15) is 8.42 Å². The smallest absolute Gasteiger partial charge is 0.244 e. The molecule has 0 spiro atoms. The molecule has 0 saturated heterocycles. The van der Waals surface area contributed by atoms with E-state index in [1.54, 1.807) is 6.07 Å². The lowest BCUT2D eigenvalue weighted by molar-refractivity contribution is 0.394. The van der Waals surface area contributed by atoms with Crippen molar-refractivity contribution in [2.45, 2.75) is 31.3 Å². The molecule has 108 valence electrons. The minimum absolute atomic E-state index is 0.0468. The van der Waals surface area contributed by atoms with E-state index >= 15 is 0 Å². The van der Waals surface area contributed by atoms with Crippen LogP contribution in [-0.2, 0) is 16.6 Å². The first-order chi connectivity index (χ1) is 8.81. The summed E-state index contributed by atoms with van der Waals surface area (Å²) < 4.78 is 31.4. The van der Waals surface area contributed by atoms with Crippen molar-refractivity contribution < 1.29 is 13.2 Å². The van der Waals surface area contributed by atoms with Crippen LogP contribution in [0.3, 0.4) is 0 Å². The van der Waals surface area contributed by atoms with Crippen LogP contribution in [0.2, 0.25) is 5.02 Å². The Hall–Kier alpha value is -0.820. The standard InChI is InChI=1S/C12H19ClN2O3S/c1-8(2)15-7-9-5-10(13)6-11(12(9)18-4)19(16,17)14-3/h5-6,8,14-15H,7H2,1-4H3. The first kappa shape index (κ1) is 16.2. The average molecular weight is 307 g/mol. The van der Waals surface area contributed by atoms with Crippen LogP contribution >= 0.6 is 11.6 Å². The molecule has 19 heavy (non-hydrogen) atoms. The van der Waals surface area contributed by atoms with Crippen LogP contribution in [-0.4, -0.2) is 28.6 Å². The fourth-order valence-electron chi connectivity index (χ4n) is 1.61. The molecular weight excluding hydrogens is 288 g/mol. The predicted molar refractivity (Wildman–Crippen MR) is 76.2 cm³/mol. The molecule has 0 radical (unpaired) electrons. The number of sulfonamides is 1. The van der Waals surface area contributed by atoms with Crippen molar-refractivity contribution >= 4 is 21.6 Å². The molecule has 0 aromatic heterocycles. The number of ether oxygens (including phenoxy) is 1. The molecule has 0 aliphatic heterocycles. The molecule has 1 rings (SSSR count). The number of rotatable bonds is 6. The highest BCUT2D eigenvalue weighted by molar-refractivity contribution is 7.89. The number of benzene rings is 1. The number of hydrogen-bond donors (Lipinski definition) is 2. The van der Waals surface area contributed by atoms with Gasteiger partial charge in [-0.2, -0.15) is 0 Å². The maximum absolute atomic E-state index is 12.0. The van der Waals surface area contributed by atoms with Gasteiger partial charge in [-0.25, -0.2) is 13.1 Å². The molecule has 0 heterocycles. The molecule has 1 aromatic rings. The van der Waals surface area contributed by atoms with Crippen molar-refractivity contribution in [1.82, 2.24) is 10.0 Å². The lowest BCUT2D eigenvalue weighted by Gasteiger charge is -2.16. The van der Waals surface area contributed by atoms with Gasteiger partial charge in [-0.3, -0.25) is 0 Å². The highest BCUT2D eigenvalue weighted by atomic mass is 35.5. The first-order valence-electron chi connectivity index (χ1n) is 5.85. The summed E-state index contributed by atoms with van der Waals surface area (Å²) >= 11 is 5.98. The average Bonchev–Trinajstić information content (AvgIpc) is 2.35. The van der Waals surface area contributed by atoms with E-state index in [2.05, 4.69) is 10.0 Å². The second kappa shape index (κ2) is 6.56. The Morgan fingerprint density at radius 3 is 2.47 bits per heavy atom. The highest BCUT2D eigenvalue weighted by Crippen LogP contribution is 2.31. The summed E-state index contributed by atoms with van der Waals surface area (Å²) in [4.78, 5) is 0.0468. The maximum atomic E-state index is 12.0. The van der Waals surface area contributed by atoms with Crippen molar-refractivity contribution in [3.63, 3.8) is 0 Å². The maximum Gasteiger partial charge on any atom is 0.244 e. The molecule has 0 atom stereocenters. The van der Waals surface area contributed by atoms with Gasteiger partial charge in [0.1, 0.15) is 10.6 Å². The first-order valence-corrected chi connectivity index (χ1v) is 7.71. The Labute approximate surface area is 119 Å². The van der Waals surface area contributed by atoms with Crippen LogP contribution in [0.15, 0.2) is 17.0 Å². The van der Waals surface area contributed by atoms with Gasteiger partial charge in [0.05, 0.1) is 7.11 Å². The van der Waals surface area contributed by atoms with Gasteiger partial charge < -0.3 is 10.1 Å². The Kier molecular flexibility index (Phi) is 5.61. The summed E-state index contributed by atoms with van der Waals surface area (Å²) in [5.41, 5.74) is 0.706. The van der Waals surface area contributed by atoms with Gasteiger partial charge in [0.25, 0.3) is 0 Å². The monoisotopic (exact) mass is 306 g/mol. The van der Waals surface area contributed by atoms with Gasteiger partial charge in [-0.05, 0) is 19.2 Å². The van der Waals surface area contributed by atoms with E-state index in [1.165, 1.54) is 20.2 Å². The molecule has 0 amide bonds. The Morgan fingerprint density at radius 2 is 2.00 bits per heavy atom. The summed E-state index contributed by atoms with van der Waals surface area (Å²) in [6.45, 7) is 4.48. The van der Waals surface area contributed by atoms with Gasteiger partial charge in [0.15, 0.2) is 0 Å². The number of hydrogen-bond acceptors (Lipinski definition) is 4. The van der Waals surface area contributed by atoms with Gasteiger partial charge >= 0.3 is 0 Å². The minimum atomic E-state index is -3.61. The van der Waals surface area contributed by atoms with E-state index in [0.29, 0.717) is 22.9 Å². The SMILES string of the molecule is CNS(=O)(=O)c1cc(Cl)cc(CNC(C)C)c1OC. The quantitative estimate of drug-likeness (QED) is 0.840. The summed E-state index contributed by atoms with van der Waals surface area (Å²) in [5.74, 6) is 0.312. The van der Waals surface area contributed by atoms with E-state index in [4.69, 9.17) is 16.3 Å². The zero-order valence-electron chi connectivity index (χ0n) is 11.5. The van der Waals surface area contributed by atoms with Crippen molar-refractivity contribution in [1.29, 1.82) is 0 Å². The van der Waals surface area contributed by atoms with Crippen LogP contribution in [0.1, 0.15) is 19.4 Å². The Morgan fingerprint density at radius 1 is 1.37 bits per heavy atom. The molecule has 1 aromatic carbocycles. The third-order valence-electron chi connectivity index (χ3n) is 2.56. The fourth-order valence-corrected chi connectivity index (χ4v) is 2.88. The zero-order chi connectivity index (χ0) is 14.6. The lowest BCUT2D eigenvalue weighted by Crippen LogP contribution is -2.23. The van der Waals surface area contributed by atoms with Crippen molar-refractivity contribution in [2.24, 2.45) is 0 Å². The van der Waals surface area contributed by atoms with Crippen LogP contribution in [0.25, 0.3) is 0 Å². The van der Waals surface area contributed by atoms with Gasteiger partial charge in [-0.15, -0.1) is 0 Å². The number of halogens is 1. The lowest BCUT2D eigenvalue weighted by atomic mass is 10.2. The summed E-state index contributed by atoms with van der Waals surface area (Å²) in [6, 6.07) is 3.35. The summed E-state index contributed by atoms with van der Waals surface area (Å²) in [6.07, 6.45) is 0. The van der Waals surface area contributed by atoms with Crippen molar-refractivity contribution in [3.05, 3.63) is 22.7 Å². The molecule has 0 bridgehead atoms. The molecule has 0 saturated carbocycles. The molecule has 0 unspecified atom stereocenters. The van der Waals surface area contributed by atoms with E-state index < -0.39 is 10.0 Å². The second-order valence-electron chi connectivity index (χ2n) is 4.34. The zero-order valence-corrected chi connectivity index (χ0v) is 13.0. The van der Waals surface area contributed by atoms with Crippen LogP contribution in [0.4, 0.5) is 0 Å². The fraction of sp³-hybridized carbons (Fsp3) is 0.500. The second-order valence-corrected chi connectivity index (χ2v) is 6.63. The van der Waals surface area contributed by atoms with Gasteiger partial charge in [-0.1, -0.05) is 25.4 Å². The Balaban J connectivity index is 3.33. The summed E-state index contributed by atoms with van der Waals surface area (Å²) in [7, 11) is -0.822. The van der Waals surface area contributed by atoms with Gasteiger partial charge in [0, 0.05) is 23.2 Å². The summed E-state index contributed by atoms with van der Waals surface area (Å²) in [5, 5.41) is 3.56. The van der Waals surface area contributed by atoms with E-state index in [-0.39, 0.29) is 10.9 Å². The van der Waals surface area contributed by atoms with Crippen LogP contribution in [0.5, 0.6) is 5.75 Å². The Bertz CT molecular complexity index is 544. The minimum Gasteiger partial charge on any atom is -0.495 e. The molecular formula is C12H19ClN2O3S. The third-order valence-corrected chi connectivity index (χ3v) is 4.20. The third kappa shape index (κ3) is 4.07. The van der Waals surface area contributed by atoms with Crippen LogP contribution < -0.4 is 14.8 Å². The normalized spacial score (nSPS) is 11.9. The van der Waals surface area contributed by atoms with Crippen molar-refractivity contribution in [3.8, 4) is 5.75 Å². The van der Waals surface area contributed by atoms with Crippen molar-refractivity contribution in [2.75, 3.05) is 14.2 Å². The molecule has 0 aliphatic rings. The molecule has 0 aliphatic carbocycles. The topological polar surface area (TPSA) is 67.4 Å².